The van der Waals surface area contributed by atoms with Crippen LogP contribution in [0.5, 0.6) is 0 Å². The van der Waals surface area contributed by atoms with Gasteiger partial charge in [-0.3, -0.25) is 0 Å². The van der Waals surface area contributed by atoms with Gasteiger partial charge in [0.05, 0.1) is 13.2 Å². The molecular formula is C23H30O5. The molecule has 0 saturated heterocycles. The van der Waals surface area contributed by atoms with Crippen LogP contribution in [0.25, 0.3) is 0 Å². The summed E-state index contributed by atoms with van der Waals surface area (Å²) in [5.41, 5.74) is 2.14. The van der Waals surface area contributed by atoms with Gasteiger partial charge in [0.25, 0.3) is 0 Å². The van der Waals surface area contributed by atoms with Crippen LogP contribution in [0.1, 0.15) is 36.8 Å². The molecule has 152 valence electrons. The van der Waals surface area contributed by atoms with Crippen LogP contribution in [0.2, 0.25) is 0 Å². The maximum Gasteiger partial charge on any atom is 0.508 e. The fourth-order valence-corrected chi connectivity index (χ4v) is 2.83. The van der Waals surface area contributed by atoms with Crippen LogP contribution >= 0.6 is 0 Å². The SMILES string of the molecule is CCOCC(COC(=O)OCC(COCC)c1ccccc1)c1ccccc1. The van der Waals surface area contributed by atoms with E-state index < -0.39 is 6.16 Å². The summed E-state index contributed by atoms with van der Waals surface area (Å²) in [6.45, 7) is 6.52. The van der Waals surface area contributed by atoms with Crippen molar-refractivity contribution in [3.63, 3.8) is 0 Å². The number of carbonyl (C=O) groups excluding carboxylic acids is 1. The summed E-state index contributed by atoms with van der Waals surface area (Å²) in [7, 11) is 0. The van der Waals surface area contributed by atoms with E-state index >= 15 is 0 Å². The molecule has 2 rings (SSSR count). The molecule has 0 saturated carbocycles. The lowest BCUT2D eigenvalue weighted by atomic mass is 10.0. The number of rotatable bonds is 12. The van der Waals surface area contributed by atoms with Gasteiger partial charge >= 0.3 is 6.16 Å². The fraction of sp³-hybridized carbons (Fsp3) is 0.435. The van der Waals surface area contributed by atoms with Crippen molar-refractivity contribution in [3.8, 4) is 0 Å². The molecule has 0 aromatic heterocycles. The smallest absolute Gasteiger partial charge is 0.434 e. The van der Waals surface area contributed by atoms with Gasteiger partial charge in [0.2, 0.25) is 0 Å². The lowest BCUT2D eigenvalue weighted by Gasteiger charge is -2.19. The third kappa shape index (κ3) is 7.71. The zero-order valence-electron chi connectivity index (χ0n) is 16.7. The van der Waals surface area contributed by atoms with Crippen molar-refractivity contribution in [2.45, 2.75) is 25.7 Å². The Balaban J connectivity index is 1.86. The van der Waals surface area contributed by atoms with Crippen molar-refractivity contribution in [3.05, 3.63) is 71.8 Å². The second-order valence-corrected chi connectivity index (χ2v) is 6.41. The highest BCUT2D eigenvalue weighted by atomic mass is 16.7. The summed E-state index contributed by atoms with van der Waals surface area (Å²) >= 11 is 0. The van der Waals surface area contributed by atoms with Gasteiger partial charge in [-0.25, -0.2) is 4.79 Å². The van der Waals surface area contributed by atoms with Gasteiger partial charge in [0, 0.05) is 25.0 Å². The van der Waals surface area contributed by atoms with E-state index in [0.717, 1.165) is 11.1 Å². The lowest BCUT2D eigenvalue weighted by molar-refractivity contribution is 0.0276. The van der Waals surface area contributed by atoms with Crippen LogP contribution in [0.4, 0.5) is 4.79 Å². The minimum Gasteiger partial charge on any atom is -0.434 e. The second kappa shape index (κ2) is 12.9. The largest absolute Gasteiger partial charge is 0.508 e. The van der Waals surface area contributed by atoms with Crippen LogP contribution in [0.15, 0.2) is 60.7 Å². The number of ether oxygens (including phenoxy) is 4. The number of hydrogen-bond donors (Lipinski definition) is 0. The Labute approximate surface area is 167 Å². The van der Waals surface area contributed by atoms with Gasteiger partial charge in [-0.05, 0) is 25.0 Å². The molecule has 5 heteroatoms. The predicted molar refractivity (Wildman–Crippen MR) is 109 cm³/mol. The molecule has 2 aromatic rings. The van der Waals surface area contributed by atoms with Gasteiger partial charge in [0.15, 0.2) is 0 Å². The van der Waals surface area contributed by atoms with E-state index in [0.29, 0.717) is 26.4 Å². The Morgan fingerprint density at radius 2 is 1.07 bits per heavy atom. The van der Waals surface area contributed by atoms with Crippen LogP contribution in [0.3, 0.4) is 0 Å². The van der Waals surface area contributed by atoms with Gasteiger partial charge in [-0.1, -0.05) is 60.7 Å². The summed E-state index contributed by atoms with van der Waals surface area (Å²) < 4.78 is 21.8. The van der Waals surface area contributed by atoms with E-state index in [9.17, 15) is 4.79 Å². The van der Waals surface area contributed by atoms with Crippen LogP contribution in [-0.2, 0) is 18.9 Å². The van der Waals surface area contributed by atoms with Gasteiger partial charge < -0.3 is 18.9 Å². The molecule has 0 aliphatic carbocycles. The molecule has 5 nitrogen and oxygen atoms in total. The van der Waals surface area contributed by atoms with Crippen molar-refractivity contribution >= 4 is 6.16 Å². The maximum absolute atomic E-state index is 12.1. The summed E-state index contributed by atoms with van der Waals surface area (Å²) in [5.74, 6) is -0.0518. The van der Waals surface area contributed by atoms with E-state index in [1.165, 1.54) is 0 Å². The molecule has 2 atom stereocenters. The highest BCUT2D eigenvalue weighted by Crippen LogP contribution is 2.19. The summed E-state index contributed by atoms with van der Waals surface area (Å²) in [4.78, 5) is 12.1. The molecule has 0 fully saturated rings. The third-order valence-electron chi connectivity index (χ3n) is 4.39. The first-order chi connectivity index (χ1) is 13.7. The molecule has 2 unspecified atom stereocenters. The minimum atomic E-state index is -0.671. The number of carbonyl (C=O) groups is 1. The van der Waals surface area contributed by atoms with E-state index in [-0.39, 0.29) is 25.0 Å². The van der Waals surface area contributed by atoms with E-state index in [2.05, 4.69) is 0 Å². The second-order valence-electron chi connectivity index (χ2n) is 6.41. The summed E-state index contributed by atoms with van der Waals surface area (Å²) in [6.07, 6.45) is -0.671. The standard InChI is InChI=1S/C23H30O5/c1-3-25-15-21(19-11-7-5-8-12-19)17-27-23(24)28-18-22(16-26-4-2)20-13-9-6-10-14-20/h5-14,21-22H,3-4,15-18H2,1-2H3. The predicted octanol–water partition coefficient (Wildman–Crippen LogP) is 4.78. The Morgan fingerprint density at radius 3 is 1.43 bits per heavy atom. The topological polar surface area (TPSA) is 54.0 Å². The first-order valence-corrected chi connectivity index (χ1v) is 9.79. The van der Waals surface area contributed by atoms with E-state index in [1.807, 2.05) is 74.5 Å². The molecule has 0 amide bonds. The molecule has 0 radical (unpaired) electrons. The lowest BCUT2D eigenvalue weighted by Crippen LogP contribution is -2.21. The Bertz CT molecular complexity index is 602. The van der Waals surface area contributed by atoms with Crippen molar-refractivity contribution in [2.75, 3.05) is 39.6 Å². The normalized spacial score (nSPS) is 12.9. The Morgan fingerprint density at radius 1 is 0.679 bits per heavy atom. The molecule has 0 bridgehead atoms. The van der Waals surface area contributed by atoms with Gasteiger partial charge in [0.1, 0.15) is 13.2 Å². The van der Waals surface area contributed by atoms with E-state index in [4.69, 9.17) is 18.9 Å². The average Bonchev–Trinajstić information content (AvgIpc) is 2.75. The van der Waals surface area contributed by atoms with Crippen molar-refractivity contribution in [1.82, 2.24) is 0 Å². The monoisotopic (exact) mass is 386 g/mol. The van der Waals surface area contributed by atoms with Crippen LogP contribution in [0, 0.1) is 0 Å². The van der Waals surface area contributed by atoms with Crippen LogP contribution in [-0.4, -0.2) is 45.8 Å². The van der Waals surface area contributed by atoms with Gasteiger partial charge in [-0.15, -0.1) is 0 Å². The zero-order valence-corrected chi connectivity index (χ0v) is 16.7. The zero-order chi connectivity index (χ0) is 20.0. The summed E-state index contributed by atoms with van der Waals surface area (Å²) in [6, 6.07) is 19.8. The van der Waals surface area contributed by atoms with Crippen molar-refractivity contribution in [2.24, 2.45) is 0 Å². The first kappa shape index (κ1) is 21.9. The first-order valence-electron chi connectivity index (χ1n) is 9.79. The number of hydrogen-bond acceptors (Lipinski definition) is 5. The average molecular weight is 386 g/mol. The minimum absolute atomic E-state index is 0.0259. The molecule has 0 heterocycles. The van der Waals surface area contributed by atoms with Crippen LogP contribution < -0.4 is 0 Å². The quantitative estimate of drug-likeness (QED) is 0.491. The Hall–Kier alpha value is -2.37. The van der Waals surface area contributed by atoms with Crippen molar-refractivity contribution < 1.29 is 23.7 Å². The molecule has 0 aliphatic heterocycles. The Kier molecular flexibility index (Phi) is 10.1. The molecule has 0 spiro atoms. The maximum atomic E-state index is 12.1. The highest BCUT2D eigenvalue weighted by Gasteiger charge is 2.18. The summed E-state index contributed by atoms with van der Waals surface area (Å²) in [5, 5.41) is 0. The molecule has 28 heavy (non-hydrogen) atoms. The molecule has 2 aromatic carbocycles. The fourth-order valence-electron chi connectivity index (χ4n) is 2.83. The van der Waals surface area contributed by atoms with E-state index in [1.54, 1.807) is 0 Å². The molecule has 0 aliphatic rings. The highest BCUT2D eigenvalue weighted by molar-refractivity contribution is 5.60. The molecular weight excluding hydrogens is 356 g/mol. The van der Waals surface area contributed by atoms with Gasteiger partial charge in [-0.2, -0.15) is 0 Å². The van der Waals surface area contributed by atoms with Crippen molar-refractivity contribution in [1.29, 1.82) is 0 Å². The third-order valence-corrected chi connectivity index (χ3v) is 4.39. The number of benzene rings is 2. The molecule has 0 N–H and O–H groups in total.